The smallest absolute Gasteiger partial charge is 0.255 e. The third-order valence-corrected chi connectivity index (χ3v) is 5.69. The molecule has 1 saturated heterocycles. The highest BCUT2D eigenvalue weighted by Gasteiger charge is 2.17. The lowest BCUT2D eigenvalue weighted by Crippen LogP contribution is -2.38. The fourth-order valence-electron chi connectivity index (χ4n) is 3.20. The van der Waals surface area contributed by atoms with Crippen molar-refractivity contribution in [3.63, 3.8) is 0 Å². The minimum Gasteiger partial charge on any atom is -0.361 e. The maximum Gasteiger partial charge on any atom is 0.255 e. The van der Waals surface area contributed by atoms with Gasteiger partial charge in [0.1, 0.15) is 0 Å². The molecule has 0 atom stereocenters. The van der Waals surface area contributed by atoms with Gasteiger partial charge in [0.25, 0.3) is 5.91 Å². The van der Waals surface area contributed by atoms with E-state index < -0.39 is 0 Å². The molecule has 138 valence electrons. The zero-order valence-corrected chi connectivity index (χ0v) is 15.7. The molecule has 1 aromatic heterocycles. The van der Waals surface area contributed by atoms with Gasteiger partial charge in [-0.3, -0.25) is 9.59 Å². The lowest BCUT2D eigenvalue weighted by atomic mass is 10.1. The molecule has 1 aliphatic heterocycles. The van der Waals surface area contributed by atoms with Crippen molar-refractivity contribution >= 4 is 40.2 Å². The molecule has 0 aliphatic carbocycles. The summed E-state index contributed by atoms with van der Waals surface area (Å²) >= 11 is 1.89. The van der Waals surface area contributed by atoms with Gasteiger partial charge in [0.05, 0.1) is 6.42 Å². The minimum atomic E-state index is -0.152. The molecule has 0 radical (unpaired) electrons. The van der Waals surface area contributed by atoms with Crippen molar-refractivity contribution < 1.29 is 9.59 Å². The van der Waals surface area contributed by atoms with E-state index in [2.05, 4.69) is 10.3 Å². The van der Waals surface area contributed by atoms with Crippen molar-refractivity contribution in [2.24, 2.45) is 0 Å². The van der Waals surface area contributed by atoms with Gasteiger partial charge in [-0.2, -0.15) is 11.8 Å². The first-order valence-electron chi connectivity index (χ1n) is 9.02. The summed E-state index contributed by atoms with van der Waals surface area (Å²) in [4.78, 5) is 29.9. The third kappa shape index (κ3) is 4.17. The molecular formula is C21H21N3O2S. The van der Waals surface area contributed by atoms with E-state index in [1.165, 1.54) is 0 Å². The Balaban J connectivity index is 1.38. The van der Waals surface area contributed by atoms with E-state index in [-0.39, 0.29) is 11.8 Å². The maximum absolute atomic E-state index is 12.5. The monoisotopic (exact) mass is 379 g/mol. The van der Waals surface area contributed by atoms with Gasteiger partial charge in [-0.1, -0.05) is 18.2 Å². The number of aromatic amines is 1. The first-order chi connectivity index (χ1) is 13.2. The summed E-state index contributed by atoms with van der Waals surface area (Å²) in [6, 6.07) is 15.1. The molecule has 0 unspecified atom stereocenters. The van der Waals surface area contributed by atoms with Crippen LogP contribution < -0.4 is 5.32 Å². The topological polar surface area (TPSA) is 65.2 Å². The van der Waals surface area contributed by atoms with E-state index >= 15 is 0 Å². The number of anilines is 1. The normalized spacial score (nSPS) is 14.3. The first kappa shape index (κ1) is 17.7. The molecule has 0 saturated carbocycles. The van der Waals surface area contributed by atoms with Crippen molar-refractivity contribution in [1.82, 2.24) is 9.88 Å². The van der Waals surface area contributed by atoms with Crippen molar-refractivity contribution in [1.29, 1.82) is 0 Å². The quantitative estimate of drug-likeness (QED) is 0.729. The zero-order valence-electron chi connectivity index (χ0n) is 14.9. The summed E-state index contributed by atoms with van der Waals surface area (Å²) < 4.78 is 0. The Hall–Kier alpha value is -2.73. The molecule has 2 aromatic carbocycles. The van der Waals surface area contributed by atoms with E-state index in [9.17, 15) is 9.59 Å². The summed E-state index contributed by atoms with van der Waals surface area (Å²) in [5.41, 5.74) is 3.22. The number of carbonyl (C=O) groups is 2. The molecule has 1 fully saturated rings. The Bertz CT molecular complexity index is 959. The molecule has 5 nitrogen and oxygen atoms in total. The molecule has 3 aromatic rings. The number of aromatic nitrogens is 1. The van der Waals surface area contributed by atoms with E-state index in [0.717, 1.165) is 46.7 Å². The molecule has 0 bridgehead atoms. The highest BCUT2D eigenvalue weighted by molar-refractivity contribution is 7.99. The Morgan fingerprint density at radius 2 is 1.81 bits per heavy atom. The average molecular weight is 379 g/mol. The van der Waals surface area contributed by atoms with Crippen LogP contribution in [0.2, 0.25) is 0 Å². The van der Waals surface area contributed by atoms with Crippen LogP contribution in [-0.2, 0) is 11.2 Å². The van der Waals surface area contributed by atoms with E-state index in [1.54, 1.807) is 0 Å². The molecule has 2 amide bonds. The van der Waals surface area contributed by atoms with Gasteiger partial charge >= 0.3 is 0 Å². The number of nitrogens with one attached hydrogen (secondary N) is 2. The SMILES string of the molecule is O=C(Nc1ccc(CC(=O)N2CCSCC2)cc1)c1ccc2cc[nH]c2c1. The lowest BCUT2D eigenvalue weighted by molar-refractivity contribution is -0.130. The van der Waals surface area contributed by atoms with Crippen molar-refractivity contribution in [3.8, 4) is 0 Å². The van der Waals surface area contributed by atoms with Crippen LogP contribution in [0.5, 0.6) is 0 Å². The van der Waals surface area contributed by atoms with Crippen LogP contribution >= 0.6 is 11.8 Å². The van der Waals surface area contributed by atoms with Crippen LogP contribution in [0.15, 0.2) is 54.7 Å². The minimum absolute atomic E-state index is 0.152. The largest absolute Gasteiger partial charge is 0.361 e. The Morgan fingerprint density at radius 1 is 1.04 bits per heavy atom. The molecule has 27 heavy (non-hydrogen) atoms. The second-order valence-corrected chi connectivity index (χ2v) is 7.83. The first-order valence-corrected chi connectivity index (χ1v) is 10.2. The highest BCUT2D eigenvalue weighted by atomic mass is 32.2. The van der Waals surface area contributed by atoms with Crippen LogP contribution in [0.25, 0.3) is 10.9 Å². The Kier molecular flexibility index (Phi) is 5.16. The zero-order chi connectivity index (χ0) is 18.6. The summed E-state index contributed by atoms with van der Waals surface area (Å²) in [6.45, 7) is 1.67. The second kappa shape index (κ2) is 7.88. The van der Waals surface area contributed by atoms with Gasteiger partial charge in [-0.05, 0) is 41.3 Å². The molecule has 0 spiro atoms. The van der Waals surface area contributed by atoms with Crippen LogP contribution in [0.1, 0.15) is 15.9 Å². The van der Waals surface area contributed by atoms with Crippen molar-refractivity contribution in [2.45, 2.75) is 6.42 Å². The number of rotatable bonds is 4. The fourth-order valence-corrected chi connectivity index (χ4v) is 4.10. The molecule has 6 heteroatoms. The van der Waals surface area contributed by atoms with Gasteiger partial charge < -0.3 is 15.2 Å². The van der Waals surface area contributed by atoms with E-state index in [1.807, 2.05) is 71.4 Å². The number of hydrogen-bond donors (Lipinski definition) is 2. The Labute approximate surface area is 162 Å². The standard InChI is InChI=1S/C21H21N3O2S/c25-20(24-9-11-27-12-10-24)13-15-1-5-18(6-2-15)23-21(26)17-4-3-16-7-8-22-19(16)14-17/h1-8,14,22H,9-13H2,(H,23,26). The van der Waals surface area contributed by atoms with Crippen molar-refractivity contribution in [2.75, 3.05) is 29.9 Å². The van der Waals surface area contributed by atoms with Gasteiger partial charge in [-0.25, -0.2) is 0 Å². The molecule has 4 rings (SSSR count). The van der Waals surface area contributed by atoms with Gasteiger partial charge in [0, 0.05) is 47.6 Å². The number of amides is 2. The molecular weight excluding hydrogens is 358 g/mol. The summed E-state index contributed by atoms with van der Waals surface area (Å²) in [5.74, 6) is 2.06. The number of benzene rings is 2. The van der Waals surface area contributed by atoms with Crippen LogP contribution in [-0.4, -0.2) is 46.3 Å². The fraction of sp³-hybridized carbons (Fsp3) is 0.238. The number of thioether (sulfide) groups is 1. The maximum atomic E-state index is 12.5. The molecule has 1 aliphatic rings. The van der Waals surface area contributed by atoms with E-state index in [4.69, 9.17) is 0 Å². The summed E-state index contributed by atoms with van der Waals surface area (Å²) in [7, 11) is 0. The molecule has 2 heterocycles. The predicted molar refractivity (Wildman–Crippen MR) is 110 cm³/mol. The number of nitrogens with zero attached hydrogens (tertiary/aromatic N) is 1. The molecule has 2 N–H and O–H groups in total. The number of H-pyrrole nitrogens is 1. The van der Waals surface area contributed by atoms with Gasteiger partial charge in [-0.15, -0.1) is 0 Å². The highest BCUT2D eigenvalue weighted by Crippen LogP contribution is 2.17. The van der Waals surface area contributed by atoms with Gasteiger partial charge in [0.15, 0.2) is 0 Å². The number of carbonyl (C=O) groups excluding carboxylic acids is 2. The van der Waals surface area contributed by atoms with Gasteiger partial charge in [0.2, 0.25) is 5.91 Å². The lowest BCUT2D eigenvalue weighted by Gasteiger charge is -2.26. The summed E-state index contributed by atoms with van der Waals surface area (Å²) in [5, 5.41) is 3.98. The second-order valence-electron chi connectivity index (χ2n) is 6.60. The van der Waals surface area contributed by atoms with Crippen molar-refractivity contribution in [3.05, 3.63) is 65.9 Å². The number of hydrogen-bond acceptors (Lipinski definition) is 3. The summed E-state index contributed by atoms with van der Waals surface area (Å²) in [6.07, 6.45) is 2.26. The van der Waals surface area contributed by atoms with E-state index in [0.29, 0.717) is 12.0 Å². The van der Waals surface area contributed by atoms with Crippen LogP contribution in [0, 0.1) is 0 Å². The average Bonchev–Trinajstić information content (AvgIpc) is 3.18. The predicted octanol–water partition coefficient (Wildman–Crippen LogP) is 3.54. The van der Waals surface area contributed by atoms with Crippen LogP contribution in [0.3, 0.4) is 0 Å². The third-order valence-electron chi connectivity index (χ3n) is 4.75. The van der Waals surface area contributed by atoms with Crippen LogP contribution in [0.4, 0.5) is 5.69 Å². The number of fused-ring (bicyclic) bond motifs is 1. The Morgan fingerprint density at radius 3 is 2.59 bits per heavy atom.